The number of carboxylic acid groups (broad SMARTS) is 1. The van der Waals surface area contributed by atoms with Gasteiger partial charge in [-0.15, -0.1) is 23.5 Å². The normalized spacial score (nSPS) is 12.4. The quantitative estimate of drug-likeness (QED) is 0.610. The van der Waals surface area contributed by atoms with Crippen LogP contribution in [0.2, 0.25) is 0 Å². The molecule has 17 heavy (non-hydrogen) atoms. The highest BCUT2D eigenvalue weighted by Gasteiger charge is 2.14. The topological polar surface area (TPSA) is 37.3 Å². The molecule has 1 aromatic rings. The van der Waals surface area contributed by atoms with Gasteiger partial charge in [0.1, 0.15) is 11.1 Å². The molecule has 1 rings (SSSR count). The highest BCUT2D eigenvalue weighted by Crippen LogP contribution is 2.22. The molecule has 0 bridgehead atoms. The van der Waals surface area contributed by atoms with Gasteiger partial charge < -0.3 is 5.11 Å². The van der Waals surface area contributed by atoms with Crippen LogP contribution in [0.3, 0.4) is 0 Å². The smallest absolute Gasteiger partial charge is 0.316 e. The van der Waals surface area contributed by atoms with Crippen molar-refractivity contribution < 1.29 is 14.3 Å². The van der Waals surface area contributed by atoms with Crippen LogP contribution in [-0.2, 0) is 4.79 Å². The van der Waals surface area contributed by atoms with Gasteiger partial charge in [-0.05, 0) is 30.7 Å². The van der Waals surface area contributed by atoms with Gasteiger partial charge in [-0.1, -0.05) is 6.92 Å². The largest absolute Gasteiger partial charge is 0.480 e. The maximum Gasteiger partial charge on any atom is 0.316 e. The van der Waals surface area contributed by atoms with Crippen LogP contribution in [0.15, 0.2) is 29.2 Å². The summed E-state index contributed by atoms with van der Waals surface area (Å²) < 4.78 is 12.6. The van der Waals surface area contributed by atoms with Crippen LogP contribution in [0.25, 0.3) is 0 Å². The van der Waals surface area contributed by atoms with Gasteiger partial charge in [0, 0.05) is 16.4 Å². The van der Waals surface area contributed by atoms with E-state index in [9.17, 15) is 9.18 Å². The number of carboxylic acids is 1. The Kier molecular flexibility index (Phi) is 6.44. The van der Waals surface area contributed by atoms with Crippen molar-refractivity contribution in [2.75, 3.05) is 11.5 Å². The number of halogens is 1. The van der Waals surface area contributed by atoms with E-state index in [0.717, 1.165) is 16.4 Å². The number of thioether (sulfide) groups is 2. The second-order valence-corrected chi connectivity index (χ2v) is 5.89. The fourth-order valence-corrected chi connectivity index (χ4v) is 3.19. The van der Waals surface area contributed by atoms with Crippen molar-refractivity contribution in [1.82, 2.24) is 0 Å². The first-order valence-electron chi connectivity index (χ1n) is 5.36. The molecular weight excluding hydrogens is 259 g/mol. The van der Waals surface area contributed by atoms with E-state index in [-0.39, 0.29) is 11.1 Å². The summed E-state index contributed by atoms with van der Waals surface area (Å²) >= 11 is 3.07. The van der Waals surface area contributed by atoms with Crippen molar-refractivity contribution in [1.29, 1.82) is 0 Å². The van der Waals surface area contributed by atoms with E-state index < -0.39 is 5.97 Å². The average Bonchev–Trinajstić information content (AvgIpc) is 2.31. The minimum Gasteiger partial charge on any atom is -0.480 e. The molecule has 0 fully saturated rings. The first kappa shape index (κ1) is 14.4. The molecule has 0 radical (unpaired) electrons. The van der Waals surface area contributed by atoms with Gasteiger partial charge in [0.2, 0.25) is 0 Å². The Morgan fingerprint density at radius 2 is 2.00 bits per heavy atom. The molecule has 1 atom stereocenters. The van der Waals surface area contributed by atoms with E-state index in [1.165, 1.54) is 23.9 Å². The average molecular weight is 274 g/mol. The second-order valence-electron chi connectivity index (χ2n) is 3.41. The zero-order valence-electron chi connectivity index (χ0n) is 9.56. The molecule has 1 unspecified atom stereocenters. The SMILES string of the molecule is CCC(SCCSc1ccc(F)cc1)C(=O)O. The fourth-order valence-electron chi connectivity index (χ4n) is 1.24. The lowest BCUT2D eigenvalue weighted by Gasteiger charge is -2.08. The van der Waals surface area contributed by atoms with Gasteiger partial charge in [0.25, 0.3) is 0 Å². The molecule has 0 aliphatic rings. The standard InChI is InChI=1S/C12H15FO2S2/c1-2-11(12(14)15)17-8-7-16-10-5-3-9(13)4-6-10/h3-6,11H,2,7-8H2,1H3,(H,14,15). The number of aliphatic carboxylic acids is 1. The maximum atomic E-state index is 12.6. The molecule has 0 saturated carbocycles. The van der Waals surface area contributed by atoms with Gasteiger partial charge in [-0.3, -0.25) is 4.79 Å². The number of hydrogen-bond donors (Lipinski definition) is 1. The van der Waals surface area contributed by atoms with E-state index in [2.05, 4.69) is 0 Å². The molecule has 5 heteroatoms. The van der Waals surface area contributed by atoms with Crippen LogP contribution in [-0.4, -0.2) is 27.8 Å². The third-order valence-electron chi connectivity index (χ3n) is 2.13. The van der Waals surface area contributed by atoms with Crippen LogP contribution >= 0.6 is 23.5 Å². The Bertz CT molecular complexity index is 354. The molecule has 0 aliphatic heterocycles. The third-order valence-corrected chi connectivity index (χ3v) is 4.78. The molecule has 0 heterocycles. The van der Waals surface area contributed by atoms with Gasteiger partial charge in [0.15, 0.2) is 0 Å². The van der Waals surface area contributed by atoms with E-state index in [1.54, 1.807) is 23.9 Å². The summed E-state index contributed by atoms with van der Waals surface area (Å²) in [6.07, 6.45) is 0.640. The van der Waals surface area contributed by atoms with Crippen LogP contribution in [0.5, 0.6) is 0 Å². The molecule has 0 aromatic heterocycles. The zero-order valence-corrected chi connectivity index (χ0v) is 11.2. The number of benzene rings is 1. The van der Waals surface area contributed by atoms with E-state index in [4.69, 9.17) is 5.11 Å². The molecule has 94 valence electrons. The predicted molar refractivity (Wildman–Crippen MR) is 71.3 cm³/mol. The third kappa shape index (κ3) is 5.46. The molecule has 0 aliphatic carbocycles. The van der Waals surface area contributed by atoms with Crippen LogP contribution in [0, 0.1) is 5.82 Å². The van der Waals surface area contributed by atoms with Crippen molar-refractivity contribution in [3.05, 3.63) is 30.1 Å². The molecule has 2 nitrogen and oxygen atoms in total. The summed E-state index contributed by atoms with van der Waals surface area (Å²) in [4.78, 5) is 11.8. The van der Waals surface area contributed by atoms with Gasteiger partial charge in [-0.25, -0.2) is 4.39 Å². The molecule has 0 amide bonds. The molecule has 1 aromatic carbocycles. The van der Waals surface area contributed by atoms with Crippen LogP contribution in [0.4, 0.5) is 4.39 Å². The Morgan fingerprint density at radius 3 is 2.53 bits per heavy atom. The van der Waals surface area contributed by atoms with Crippen LogP contribution in [0.1, 0.15) is 13.3 Å². The Balaban J connectivity index is 2.24. The first-order valence-corrected chi connectivity index (χ1v) is 7.39. The minimum atomic E-state index is -0.746. The summed E-state index contributed by atoms with van der Waals surface area (Å²) in [7, 11) is 0. The highest BCUT2D eigenvalue weighted by atomic mass is 32.2. The lowest BCUT2D eigenvalue weighted by Crippen LogP contribution is -2.15. The van der Waals surface area contributed by atoms with Crippen molar-refractivity contribution in [3.8, 4) is 0 Å². The van der Waals surface area contributed by atoms with E-state index in [1.807, 2.05) is 6.92 Å². The predicted octanol–water partition coefficient (Wildman–Crippen LogP) is 3.51. The molecular formula is C12H15FO2S2. The second kappa shape index (κ2) is 7.61. The Hall–Kier alpha value is -0.680. The van der Waals surface area contributed by atoms with Crippen molar-refractivity contribution in [3.63, 3.8) is 0 Å². The van der Waals surface area contributed by atoms with Gasteiger partial charge in [-0.2, -0.15) is 0 Å². The Morgan fingerprint density at radius 1 is 1.35 bits per heavy atom. The van der Waals surface area contributed by atoms with E-state index >= 15 is 0 Å². The lowest BCUT2D eigenvalue weighted by molar-refractivity contribution is -0.136. The van der Waals surface area contributed by atoms with Gasteiger partial charge >= 0.3 is 5.97 Å². The first-order chi connectivity index (χ1) is 8.13. The van der Waals surface area contributed by atoms with Crippen molar-refractivity contribution in [2.24, 2.45) is 0 Å². The summed E-state index contributed by atoms with van der Waals surface area (Å²) in [6.45, 7) is 1.87. The maximum absolute atomic E-state index is 12.6. The van der Waals surface area contributed by atoms with Crippen molar-refractivity contribution in [2.45, 2.75) is 23.5 Å². The summed E-state index contributed by atoms with van der Waals surface area (Å²) in [6, 6.07) is 6.33. The highest BCUT2D eigenvalue weighted by molar-refractivity contribution is 8.03. The fraction of sp³-hybridized carbons (Fsp3) is 0.417. The van der Waals surface area contributed by atoms with Crippen molar-refractivity contribution >= 4 is 29.5 Å². The summed E-state index contributed by atoms with van der Waals surface area (Å²) in [5.74, 6) is 0.636. The molecule has 1 N–H and O–H groups in total. The Labute approximate surface area is 109 Å². The van der Waals surface area contributed by atoms with Gasteiger partial charge in [0.05, 0.1) is 0 Å². The minimum absolute atomic E-state index is 0.236. The molecule has 0 saturated heterocycles. The summed E-state index contributed by atoms with van der Waals surface area (Å²) in [5.41, 5.74) is 0. The number of hydrogen-bond acceptors (Lipinski definition) is 3. The molecule has 0 spiro atoms. The zero-order chi connectivity index (χ0) is 12.7. The monoisotopic (exact) mass is 274 g/mol. The summed E-state index contributed by atoms with van der Waals surface area (Å²) in [5, 5.41) is 8.53. The lowest BCUT2D eigenvalue weighted by atomic mass is 10.3. The van der Waals surface area contributed by atoms with Crippen LogP contribution < -0.4 is 0 Å². The number of carbonyl (C=O) groups is 1. The number of rotatable bonds is 7. The van der Waals surface area contributed by atoms with E-state index in [0.29, 0.717) is 6.42 Å².